The fourth-order valence-electron chi connectivity index (χ4n) is 0.580. The van der Waals surface area contributed by atoms with E-state index in [1.807, 2.05) is 0 Å². The molecule has 1 nitrogen and oxygen atoms in total. The van der Waals surface area contributed by atoms with Crippen LogP contribution in [0.4, 0.5) is 10.1 Å². The maximum atomic E-state index is 12.3. The summed E-state index contributed by atoms with van der Waals surface area (Å²) in [6, 6.07) is 4.05. The number of benzene rings is 1. The molecule has 0 spiro atoms. The van der Waals surface area contributed by atoms with Gasteiger partial charge in [-0.1, -0.05) is 24.4 Å². The van der Waals surface area contributed by atoms with Crippen LogP contribution in [0.25, 0.3) is 0 Å². The molecule has 1 aromatic rings. The lowest BCUT2D eigenvalue weighted by Gasteiger charge is -1.99. The second kappa shape index (κ2) is 3.12. The van der Waals surface area contributed by atoms with Crippen molar-refractivity contribution in [2.75, 3.05) is 4.72 Å². The lowest BCUT2D eigenvalue weighted by molar-refractivity contribution is 0.628. The minimum atomic E-state index is -0.350. The molecule has 10 heavy (non-hydrogen) atoms. The highest BCUT2D eigenvalue weighted by molar-refractivity contribution is 7.81. The molecule has 0 aromatic heterocycles. The molecule has 0 fully saturated rings. The van der Waals surface area contributed by atoms with Crippen LogP contribution < -0.4 is 4.72 Å². The van der Waals surface area contributed by atoms with Crippen molar-refractivity contribution in [3.8, 4) is 0 Å². The number of halogens is 2. The van der Waals surface area contributed by atoms with Crippen LogP contribution >= 0.6 is 24.4 Å². The standard InChI is InChI=1S/C6H5ClFNS/c7-5-3-4(8)1-2-6(5)9-10/h1-3,9-10H. The fraction of sp³-hybridized carbons (Fsp3) is 0. The first-order valence-corrected chi connectivity index (χ1v) is 3.41. The molecule has 0 unspecified atom stereocenters. The van der Waals surface area contributed by atoms with Crippen molar-refractivity contribution >= 4 is 30.1 Å². The van der Waals surface area contributed by atoms with E-state index in [2.05, 4.69) is 17.5 Å². The summed E-state index contributed by atoms with van der Waals surface area (Å²) < 4.78 is 14.9. The van der Waals surface area contributed by atoms with Crippen LogP contribution in [0.3, 0.4) is 0 Å². The Balaban J connectivity index is 3.07. The molecule has 0 radical (unpaired) electrons. The Morgan fingerprint density at radius 2 is 2.20 bits per heavy atom. The van der Waals surface area contributed by atoms with E-state index in [0.717, 1.165) is 0 Å². The Labute approximate surface area is 68.7 Å². The fourth-order valence-corrected chi connectivity index (χ4v) is 1.06. The van der Waals surface area contributed by atoms with E-state index in [0.29, 0.717) is 10.7 Å². The molecule has 0 atom stereocenters. The number of rotatable bonds is 1. The van der Waals surface area contributed by atoms with Gasteiger partial charge in [0.25, 0.3) is 0 Å². The largest absolute Gasteiger partial charge is 0.331 e. The second-order valence-corrected chi connectivity index (χ2v) is 2.37. The molecule has 1 N–H and O–H groups in total. The van der Waals surface area contributed by atoms with Gasteiger partial charge in [0.05, 0.1) is 10.7 Å². The maximum Gasteiger partial charge on any atom is 0.124 e. The molecular weight excluding hydrogens is 173 g/mol. The lowest BCUT2D eigenvalue weighted by Crippen LogP contribution is -1.82. The van der Waals surface area contributed by atoms with Crippen molar-refractivity contribution < 1.29 is 4.39 Å². The SMILES string of the molecule is Fc1ccc(NS)c(Cl)c1. The first-order chi connectivity index (χ1) is 4.74. The van der Waals surface area contributed by atoms with Gasteiger partial charge in [-0.05, 0) is 18.2 Å². The zero-order chi connectivity index (χ0) is 7.56. The number of hydrogen-bond acceptors (Lipinski definition) is 2. The lowest BCUT2D eigenvalue weighted by atomic mass is 10.3. The van der Waals surface area contributed by atoms with E-state index in [9.17, 15) is 4.39 Å². The Hall–Kier alpha value is -0.410. The van der Waals surface area contributed by atoms with Crippen molar-refractivity contribution in [1.29, 1.82) is 0 Å². The Bertz CT molecular complexity index is 241. The Kier molecular flexibility index (Phi) is 2.40. The Morgan fingerprint density at radius 1 is 1.50 bits per heavy atom. The molecule has 1 rings (SSSR count). The monoisotopic (exact) mass is 177 g/mol. The van der Waals surface area contributed by atoms with Gasteiger partial charge in [0.1, 0.15) is 5.82 Å². The minimum absolute atomic E-state index is 0.329. The minimum Gasteiger partial charge on any atom is -0.331 e. The highest BCUT2D eigenvalue weighted by Gasteiger charge is 1.97. The predicted octanol–water partition coefficient (Wildman–Crippen LogP) is 2.74. The topological polar surface area (TPSA) is 12.0 Å². The van der Waals surface area contributed by atoms with Gasteiger partial charge in [-0.15, -0.1) is 0 Å². The third kappa shape index (κ3) is 1.55. The average molecular weight is 178 g/mol. The van der Waals surface area contributed by atoms with E-state index in [4.69, 9.17) is 11.6 Å². The van der Waals surface area contributed by atoms with E-state index in [1.54, 1.807) is 0 Å². The summed E-state index contributed by atoms with van der Waals surface area (Å²) in [6.45, 7) is 0. The quantitative estimate of drug-likeness (QED) is 0.629. The molecule has 54 valence electrons. The van der Waals surface area contributed by atoms with E-state index >= 15 is 0 Å². The molecule has 0 heterocycles. The van der Waals surface area contributed by atoms with Crippen LogP contribution in [-0.2, 0) is 0 Å². The number of anilines is 1. The van der Waals surface area contributed by atoms with Crippen molar-refractivity contribution in [3.63, 3.8) is 0 Å². The maximum absolute atomic E-state index is 12.3. The third-order valence-corrected chi connectivity index (χ3v) is 1.61. The summed E-state index contributed by atoms with van der Waals surface area (Å²) in [6.07, 6.45) is 0. The van der Waals surface area contributed by atoms with Gasteiger partial charge < -0.3 is 4.72 Å². The van der Waals surface area contributed by atoms with Gasteiger partial charge in [0, 0.05) is 0 Å². The van der Waals surface area contributed by atoms with Crippen LogP contribution in [0.1, 0.15) is 0 Å². The van der Waals surface area contributed by atoms with Crippen LogP contribution in [-0.4, -0.2) is 0 Å². The van der Waals surface area contributed by atoms with Crippen molar-refractivity contribution in [2.24, 2.45) is 0 Å². The van der Waals surface area contributed by atoms with Gasteiger partial charge in [0.15, 0.2) is 0 Å². The molecule has 0 aliphatic rings. The Morgan fingerprint density at radius 3 is 2.70 bits per heavy atom. The first kappa shape index (κ1) is 7.69. The summed E-state index contributed by atoms with van der Waals surface area (Å²) in [5, 5.41) is 0.329. The van der Waals surface area contributed by atoms with Crippen LogP contribution in [0.5, 0.6) is 0 Å². The highest BCUT2D eigenvalue weighted by Crippen LogP contribution is 2.22. The molecule has 0 aliphatic carbocycles. The number of nitrogens with one attached hydrogen (secondary N) is 1. The number of thiol groups is 1. The highest BCUT2D eigenvalue weighted by atomic mass is 35.5. The molecular formula is C6H5ClFNS. The summed E-state index contributed by atoms with van der Waals surface area (Å²) in [4.78, 5) is 0. The molecule has 1 aromatic carbocycles. The average Bonchev–Trinajstić information content (AvgIpc) is 1.88. The van der Waals surface area contributed by atoms with Crippen LogP contribution in [0, 0.1) is 5.82 Å². The molecule has 0 amide bonds. The van der Waals surface area contributed by atoms with Crippen LogP contribution in [0.15, 0.2) is 18.2 Å². The third-order valence-electron chi connectivity index (χ3n) is 1.05. The zero-order valence-corrected chi connectivity index (χ0v) is 6.59. The van der Waals surface area contributed by atoms with Crippen LogP contribution in [0.2, 0.25) is 5.02 Å². The van der Waals surface area contributed by atoms with Crippen molar-refractivity contribution in [1.82, 2.24) is 0 Å². The summed E-state index contributed by atoms with van der Waals surface area (Å²) in [5.41, 5.74) is 0.603. The number of hydrogen-bond donors (Lipinski definition) is 2. The van der Waals surface area contributed by atoms with Gasteiger partial charge in [-0.2, -0.15) is 0 Å². The first-order valence-electron chi connectivity index (χ1n) is 2.59. The van der Waals surface area contributed by atoms with Crippen molar-refractivity contribution in [2.45, 2.75) is 0 Å². The summed E-state index contributed by atoms with van der Waals surface area (Å²) >= 11 is 9.34. The van der Waals surface area contributed by atoms with Crippen molar-refractivity contribution in [3.05, 3.63) is 29.0 Å². The summed E-state index contributed by atoms with van der Waals surface area (Å²) in [5.74, 6) is -0.350. The predicted molar refractivity (Wildman–Crippen MR) is 44.0 cm³/mol. The van der Waals surface area contributed by atoms with Gasteiger partial charge in [0.2, 0.25) is 0 Å². The van der Waals surface area contributed by atoms with Gasteiger partial charge >= 0.3 is 0 Å². The zero-order valence-electron chi connectivity index (χ0n) is 4.94. The van der Waals surface area contributed by atoms with E-state index in [-0.39, 0.29) is 5.82 Å². The normalized spacial score (nSPS) is 9.50. The van der Waals surface area contributed by atoms with Gasteiger partial charge in [-0.3, -0.25) is 0 Å². The molecule has 0 bridgehead atoms. The molecule has 0 aliphatic heterocycles. The van der Waals surface area contributed by atoms with E-state index in [1.165, 1.54) is 18.2 Å². The molecule has 0 saturated heterocycles. The van der Waals surface area contributed by atoms with E-state index < -0.39 is 0 Å². The molecule has 4 heteroatoms. The second-order valence-electron chi connectivity index (χ2n) is 1.74. The molecule has 0 saturated carbocycles. The summed E-state index contributed by atoms with van der Waals surface area (Å²) in [7, 11) is 0. The smallest absolute Gasteiger partial charge is 0.124 e. The van der Waals surface area contributed by atoms with Gasteiger partial charge in [-0.25, -0.2) is 4.39 Å².